The SMILES string of the molecule is COc1ccc2nccc(N3CC(C(N)=O)C3)c2n1. The lowest BCUT2D eigenvalue weighted by molar-refractivity contribution is -0.122. The average molecular weight is 258 g/mol. The van der Waals surface area contributed by atoms with E-state index in [0.717, 1.165) is 16.7 Å². The summed E-state index contributed by atoms with van der Waals surface area (Å²) in [5.74, 6) is 0.225. The van der Waals surface area contributed by atoms with Gasteiger partial charge in [-0.15, -0.1) is 0 Å². The zero-order valence-corrected chi connectivity index (χ0v) is 10.5. The van der Waals surface area contributed by atoms with E-state index in [1.54, 1.807) is 19.4 Å². The maximum absolute atomic E-state index is 11.1. The molecule has 1 aliphatic heterocycles. The molecule has 6 nitrogen and oxygen atoms in total. The fourth-order valence-electron chi connectivity index (χ4n) is 2.22. The number of amides is 1. The molecule has 1 amide bonds. The van der Waals surface area contributed by atoms with Crippen LogP contribution in [0.4, 0.5) is 5.69 Å². The van der Waals surface area contributed by atoms with Crippen molar-refractivity contribution in [3.8, 4) is 5.88 Å². The number of primary amides is 1. The summed E-state index contributed by atoms with van der Waals surface area (Å²) in [4.78, 5) is 21.8. The monoisotopic (exact) mass is 258 g/mol. The number of rotatable bonds is 3. The van der Waals surface area contributed by atoms with Gasteiger partial charge in [-0.25, -0.2) is 4.98 Å². The highest BCUT2D eigenvalue weighted by atomic mass is 16.5. The van der Waals surface area contributed by atoms with Crippen molar-refractivity contribution < 1.29 is 9.53 Å². The van der Waals surface area contributed by atoms with E-state index in [4.69, 9.17) is 10.5 Å². The number of nitrogens with zero attached hydrogens (tertiary/aromatic N) is 3. The predicted octanol–water partition coefficient (Wildman–Crippen LogP) is 0.560. The normalized spacial score (nSPS) is 15.3. The molecule has 1 saturated heterocycles. The van der Waals surface area contributed by atoms with Gasteiger partial charge in [0.15, 0.2) is 0 Å². The second kappa shape index (κ2) is 4.38. The molecule has 2 aromatic heterocycles. The van der Waals surface area contributed by atoms with Gasteiger partial charge < -0.3 is 15.4 Å². The molecular weight excluding hydrogens is 244 g/mol. The number of nitrogens with two attached hydrogens (primary N) is 1. The standard InChI is InChI=1S/C13H14N4O2/c1-19-11-3-2-9-12(16-11)10(4-5-15-9)17-6-8(7-17)13(14)18/h2-5,8H,6-7H2,1H3,(H2,14,18). The molecule has 98 valence electrons. The number of anilines is 1. The van der Waals surface area contributed by atoms with E-state index < -0.39 is 0 Å². The van der Waals surface area contributed by atoms with E-state index in [1.165, 1.54) is 0 Å². The van der Waals surface area contributed by atoms with Crippen molar-refractivity contribution in [3.63, 3.8) is 0 Å². The van der Waals surface area contributed by atoms with Crippen LogP contribution in [-0.2, 0) is 4.79 Å². The van der Waals surface area contributed by atoms with Gasteiger partial charge in [-0.1, -0.05) is 0 Å². The van der Waals surface area contributed by atoms with Crippen LogP contribution in [-0.4, -0.2) is 36.1 Å². The van der Waals surface area contributed by atoms with Crippen LogP contribution >= 0.6 is 0 Å². The second-order valence-corrected chi connectivity index (χ2v) is 4.56. The second-order valence-electron chi connectivity index (χ2n) is 4.56. The van der Waals surface area contributed by atoms with Gasteiger partial charge in [-0.3, -0.25) is 9.78 Å². The Morgan fingerprint density at radius 3 is 2.89 bits per heavy atom. The van der Waals surface area contributed by atoms with E-state index in [2.05, 4.69) is 14.9 Å². The molecule has 0 atom stereocenters. The van der Waals surface area contributed by atoms with Crippen molar-refractivity contribution in [2.24, 2.45) is 11.7 Å². The first kappa shape index (κ1) is 11.7. The molecule has 1 fully saturated rings. The van der Waals surface area contributed by atoms with Crippen molar-refractivity contribution in [1.82, 2.24) is 9.97 Å². The largest absolute Gasteiger partial charge is 0.481 e. The first-order valence-electron chi connectivity index (χ1n) is 6.03. The summed E-state index contributed by atoms with van der Waals surface area (Å²) in [6.45, 7) is 1.26. The van der Waals surface area contributed by atoms with E-state index in [-0.39, 0.29) is 11.8 Å². The Morgan fingerprint density at radius 2 is 2.21 bits per heavy atom. The first-order valence-corrected chi connectivity index (χ1v) is 6.03. The fourth-order valence-corrected chi connectivity index (χ4v) is 2.22. The third-order valence-electron chi connectivity index (χ3n) is 3.37. The lowest BCUT2D eigenvalue weighted by Gasteiger charge is -2.39. The Bertz CT molecular complexity index is 638. The Labute approximate surface area is 110 Å². The maximum atomic E-state index is 11.1. The molecule has 19 heavy (non-hydrogen) atoms. The molecule has 2 N–H and O–H groups in total. The van der Waals surface area contributed by atoms with Gasteiger partial charge in [0.25, 0.3) is 0 Å². The molecule has 2 aromatic rings. The van der Waals surface area contributed by atoms with Crippen LogP contribution in [0.3, 0.4) is 0 Å². The summed E-state index contributed by atoms with van der Waals surface area (Å²) in [7, 11) is 1.58. The van der Waals surface area contributed by atoms with Crippen LogP contribution in [0.15, 0.2) is 24.4 Å². The summed E-state index contributed by atoms with van der Waals surface area (Å²) in [5.41, 5.74) is 7.83. The van der Waals surface area contributed by atoms with Crippen LogP contribution in [0.25, 0.3) is 11.0 Å². The molecule has 0 aliphatic carbocycles. The molecule has 6 heteroatoms. The van der Waals surface area contributed by atoms with Gasteiger partial charge in [0, 0.05) is 25.4 Å². The molecule has 0 aromatic carbocycles. The first-order chi connectivity index (χ1) is 9.19. The summed E-state index contributed by atoms with van der Waals surface area (Å²) in [6.07, 6.45) is 1.74. The highest BCUT2D eigenvalue weighted by Crippen LogP contribution is 2.30. The van der Waals surface area contributed by atoms with Gasteiger partial charge in [-0.05, 0) is 12.1 Å². The number of fused-ring (bicyclic) bond motifs is 1. The van der Waals surface area contributed by atoms with Crippen LogP contribution < -0.4 is 15.4 Å². The van der Waals surface area contributed by atoms with Gasteiger partial charge >= 0.3 is 0 Å². The lowest BCUT2D eigenvalue weighted by atomic mass is 9.98. The Morgan fingerprint density at radius 1 is 1.42 bits per heavy atom. The van der Waals surface area contributed by atoms with Crippen molar-refractivity contribution in [2.75, 3.05) is 25.1 Å². The minimum absolute atomic E-state index is 0.0752. The highest BCUT2D eigenvalue weighted by molar-refractivity contribution is 5.90. The summed E-state index contributed by atoms with van der Waals surface area (Å²) in [5, 5.41) is 0. The van der Waals surface area contributed by atoms with Crippen LogP contribution in [0.5, 0.6) is 5.88 Å². The van der Waals surface area contributed by atoms with Crippen LogP contribution in [0, 0.1) is 5.92 Å². The topological polar surface area (TPSA) is 81.3 Å². The zero-order chi connectivity index (χ0) is 13.4. The van der Waals surface area contributed by atoms with E-state index in [9.17, 15) is 4.79 Å². The molecule has 0 unspecified atom stereocenters. The molecule has 0 saturated carbocycles. The zero-order valence-electron chi connectivity index (χ0n) is 10.5. The Hall–Kier alpha value is -2.37. The number of pyridine rings is 2. The van der Waals surface area contributed by atoms with Crippen molar-refractivity contribution in [3.05, 3.63) is 24.4 Å². The van der Waals surface area contributed by atoms with E-state index in [0.29, 0.717) is 19.0 Å². The van der Waals surface area contributed by atoms with Gasteiger partial charge in [0.2, 0.25) is 11.8 Å². The smallest absolute Gasteiger partial charge is 0.224 e. The van der Waals surface area contributed by atoms with Gasteiger partial charge in [-0.2, -0.15) is 0 Å². The molecule has 3 heterocycles. The number of aromatic nitrogens is 2. The number of carbonyl (C=O) groups excluding carboxylic acids is 1. The molecular formula is C13H14N4O2. The lowest BCUT2D eigenvalue weighted by Crippen LogP contribution is -2.52. The Kier molecular flexibility index (Phi) is 2.70. The molecule has 0 spiro atoms. The minimum Gasteiger partial charge on any atom is -0.481 e. The molecule has 0 radical (unpaired) electrons. The number of hydrogen-bond donors (Lipinski definition) is 1. The van der Waals surface area contributed by atoms with Crippen LogP contribution in [0.2, 0.25) is 0 Å². The van der Waals surface area contributed by atoms with E-state index >= 15 is 0 Å². The molecule has 3 rings (SSSR count). The third-order valence-corrected chi connectivity index (χ3v) is 3.37. The van der Waals surface area contributed by atoms with Crippen molar-refractivity contribution in [1.29, 1.82) is 0 Å². The number of methoxy groups -OCH3 is 1. The number of carbonyl (C=O) groups is 1. The fraction of sp³-hybridized carbons (Fsp3) is 0.308. The maximum Gasteiger partial charge on any atom is 0.224 e. The average Bonchev–Trinajstić information content (AvgIpc) is 2.36. The number of ether oxygens (including phenoxy) is 1. The molecule has 1 aliphatic rings. The predicted molar refractivity (Wildman–Crippen MR) is 71.0 cm³/mol. The summed E-state index contributed by atoms with van der Waals surface area (Å²) >= 11 is 0. The minimum atomic E-state index is -0.250. The van der Waals surface area contributed by atoms with Gasteiger partial charge in [0.05, 0.1) is 24.2 Å². The summed E-state index contributed by atoms with van der Waals surface area (Å²) in [6, 6.07) is 5.55. The third kappa shape index (κ3) is 1.95. The highest BCUT2D eigenvalue weighted by Gasteiger charge is 2.32. The number of hydrogen-bond acceptors (Lipinski definition) is 5. The van der Waals surface area contributed by atoms with E-state index in [1.807, 2.05) is 12.1 Å². The Balaban J connectivity index is 1.97. The van der Waals surface area contributed by atoms with Gasteiger partial charge in [0.1, 0.15) is 5.52 Å². The van der Waals surface area contributed by atoms with Crippen molar-refractivity contribution >= 4 is 22.6 Å². The van der Waals surface area contributed by atoms with Crippen molar-refractivity contribution in [2.45, 2.75) is 0 Å². The summed E-state index contributed by atoms with van der Waals surface area (Å²) < 4.78 is 5.14. The molecule has 0 bridgehead atoms. The van der Waals surface area contributed by atoms with Crippen LogP contribution in [0.1, 0.15) is 0 Å². The quantitative estimate of drug-likeness (QED) is 0.870.